The van der Waals surface area contributed by atoms with Gasteiger partial charge in [0.25, 0.3) is 5.91 Å². The van der Waals surface area contributed by atoms with E-state index in [1.165, 1.54) is 0 Å². The molecule has 2 aliphatic heterocycles. The van der Waals surface area contributed by atoms with Gasteiger partial charge in [0.2, 0.25) is 0 Å². The van der Waals surface area contributed by atoms with Crippen LogP contribution in [0, 0.1) is 0 Å². The number of aliphatic hydroxyl groups is 1. The maximum Gasteiger partial charge on any atom is 0.327 e. The number of amides is 3. The Kier molecular flexibility index (Phi) is 8.98. The summed E-state index contributed by atoms with van der Waals surface area (Å²) >= 11 is 0. The summed E-state index contributed by atoms with van der Waals surface area (Å²) in [6, 6.07) is 7.75. The average molecular weight is 498 g/mol. The van der Waals surface area contributed by atoms with E-state index in [0.29, 0.717) is 31.6 Å². The van der Waals surface area contributed by atoms with E-state index >= 15 is 0 Å². The lowest BCUT2D eigenvalue weighted by Gasteiger charge is -2.29. The number of aliphatic hydroxyl groups excluding tert-OH is 1. The van der Waals surface area contributed by atoms with Crippen LogP contribution in [0.3, 0.4) is 0 Å². The number of anilines is 1. The van der Waals surface area contributed by atoms with Crippen LogP contribution in [0.15, 0.2) is 47.8 Å². The fraction of sp³-hybridized carbons (Fsp3) is 0.538. The second-order valence-electron chi connectivity index (χ2n) is 9.79. The Balaban J connectivity index is 1.39. The van der Waals surface area contributed by atoms with E-state index in [1.807, 2.05) is 24.3 Å². The molecule has 1 aromatic carbocycles. The van der Waals surface area contributed by atoms with Gasteiger partial charge in [-0.25, -0.2) is 4.79 Å². The highest BCUT2D eigenvalue weighted by atomic mass is 16.3. The van der Waals surface area contributed by atoms with Crippen LogP contribution in [0.1, 0.15) is 44.1 Å². The first-order valence-corrected chi connectivity index (χ1v) is 13.0. The van der Waals surface area contributed by atoms with E-state index in [1.54, 1.807) is 17.2 Å². The molecular weight excluding hydrogens is 458 g/mol. The van der Waals surface area contributed by atoms with Crippen LogP contribution < -0.4 is 32.3 Å². The number of hydrogen-bond donors (Lipinski definition) is 6. The average Bonchev–Trinajstić information content (AvgIpc) is 3.30. The predicted octanol–water partition coefficient (Wildman–Crippen LogP) is 0.833. The lowest BCUT2D eigenvalue weighted by molar-refractivity contribution is -0.118. The van der Waals surface area contributed by atoms with Gasteiger partial charge in [-0.05, 0) is 88.5 Å². The molecule has 1 aliphatic carbocycles. The van der Waals surface area contributed by atoms with Crippen molar-refractivity contribution in [1.82, 2.24) is 20.9 Å². The van der Waals surface area contributed by atoms with Gasteiger partial charge in [0.1, 0.15) is 11.9 Å². The predicted molar refractivity (Wildman–Crippen MR) is 140 cm³/mol. The normalized spacial score (nSPS) is 23.5. The Morgan fingerprint density at radius 3 is 2.36 bits per heavy atom. The lowest BCUT2D eigenvalue weighted by Crippen LogP contribution is -2.52. The Morgan fingerprint density at radius 1 is 1.06 bits per heavy atom. The molecule has 36 heavy (non-hydrogen) atoms. The topological polar surface area (TPSA) is 149 Å². The Hall–Kier alpha value is -2.92. The van der Waals surface area contributed by atoms with Gasteiger partial charge >= 0.3 is 6.03 Å². The summed E-state index contributed by atoms with van der Waals surface area (Å²) in [6.45, 7) is 3.99. The fourth-order valence-electron chi connectivity index (χ4n) is 4.89. The number of nitrogens with one attached hydrogen (secondary N) is 3. The molecule has 0 bridgehead atoms. The van der Waals surface area contributed by atoms with Gasteiger partial charge in [0.05, 0.1) is 11.8 Å². The van der Waals surface area contributed by atoms with Gasteiger partial charge < -0.3 is 32.5 Å². The van der Waals surface area contributed by atoms with Gasteiger partial charge in [-0.15, -0.1) is 0 Å². The molecule has 1 atom stereocenters. The zero-order valence-electron chi connectivity index (χ0n) is 20.8. The van der Waals surface area contributed by atoms with Crippen LogP contribution in [0.5, 0.6) is 0 Å². The summed E-state index contributed by atoms with van der Waals surface area (Å²) in [7, 11) is 0. The summed E-state index contributed by atoms with van der Waals surface area (Å²) in [5, 5.41) is 18.7. The van der Waals surface area contributed by atoms with E-state index in [4.69, 9.17) is 11.5 Å². The second kappa shape index (κ2) is 12.4. The number of benzene rings is 1. The molecule has 0 spiro atoms. The van der Waals surface area contributed by atoms with Crippen LogP contribution in [0.2, 0.25) is 0 Å². The van der Waals surface area contributed by atoms with Crippen molar-refractivity contribution in [1.29, 1.82) is 0 Å². The minimum Gasteiger partial charge on any atom is -0.393 e. The van der Waals surface area contributed by atoms with Gasteiger partial charge in [-0.2, -0.15) is 0 Å². The molecule has 3 aliphatic rings. The van der Waals surface area contributed by atoms with Crippen molar-refractivity contribution >= 4 is 17.6 Å². The largest absolute Gasteiger partial charge is 0.393 e. The highest BCUT2D eigenvalue weighted by molar-refractivity contribution is 5.98. The van der Waals surface area contributed by atoms with Crippen LogP contribution >= 0.6 is 0 Å². The SMILES string of the molecule is NCCCN(CCCN)Cc1ccc(N2C=C3C=C(C(=O)NC4CCC(O)CC4)NC3NC2=O)cc1. The molecule has 1 fully saturated rings. The number of rotatable bonds is 11. The highest BCUT2D eigenvalue weighted by Gasteiger charge is 2.33. The zero-order valence-corrected chi connectivity index (χ0v) is 20.8. The van der Waals surface area contributed by atoms with Gasteiger partial charge in [0.15, 0.2) is 0 Å². The first-order valence-electron chi connectivity index (χ1n) is 13.0. The summed E-state index contributed by atoms with van der Waals surface area (Å²) < 4.78 is 0. The van der Waals surface area contributed by atoms with E-state index in [-0.39, 0.29) is 24.1 Å². The van der Waals surface area contributed by atoms with Crippen molar-refractivity contribution in [3.63, 3.8) is 0 Å². The van der Waals surface area contributed by atoms with Crippen molar-refractivity contribution in [3.05, 3.63) is 53.4 Å². The van der Waals surface area contributed by atoms with Crippen molar-refractivity contribution in [3.8, 4) is 0 Å². The Bertz CT molecular complexity index is 962. The summed E-state index contributed by atoms with van der Waals surface area (Å²) in [5.74, 6) is -0.189. The lowest BCUT2D eigenvalue weighted by atomic mass is 9.93. The molecule has 10 nitrogen and oxygen atoms in total. The van der Waals surface area contributed by atoms with E-state index in [2.05, 4.69) is 20.9 Å². The van der Waals surface area contributed by atoms with Crippen LogP contribution in [0.25, 0.3) is 0 Å². The third-order valence-corrected chi connectivity index (χ3v) is 6.96. The summed E-state index contributed by atoms with van der Waals surface area (Å²) in [6.07, 6.45) is 7.69. The van der Waals surface area contributed by atoms with E-state index < -0.39 is 6.17 Å². The number of carbonyl (C=O) groups excluding carboxylic acids is 2. The molecule has 1 unspecified atom stereocenters. The number of hydrogen-bond acceptors (Lipinski definition) is 7. The minimum atomic E-state index is -0.430. The number of fused-ring (bicyclic) bond motifs is 1. The third-order valence-electron chi connectivity index (χ3n) is 6.96. The molecular formula is C26H39N7O3. The van der Waals surface area contributed by atoms with E-state index in [0.717, 1.165) is 62.1 Å². The molecule has 0 radical (unpaired) electrons. The quantitative estimate of drug-likeness (QED) is 0.265. The van der Waals surface area contributed by atoms with Crippen LogP contribution in [-0.2, 0) is 11.3 Å². The van der Waals surface area contributed by atoms with Crippen molar-refractivity contribution in [2.75, 3.05) is 31.1 Å². The molecule has 3 amide bonds. The Morgan fingerprint density at radius 2 is 1.72 bits per heavy atom. The van der Waals surface area contributed by atoms with E-state index in [9.17, 15) is 14.7 Å². The van der Waals surface area contributed by atoms with Gasteiger partial charge in [-0.1, -0.05) is 12.1 Å². The molecule has 1 saturated carbocycles. The highest BCUT2D eigenvalue weighted by Crippen LogP contribution is 2.25. The van der Waals surface area contributed by atoms with Crippen LogP contribution in [0.4, 0.5) is 10.5 Å². The molecule has 4 rings (SSSR count). The number of nitrogens with two attached hydrogens (primary N) is 2. The smallest absolute Gasteiger partial charge is 0.327 e. The van der Waals surface area contributed by atoms with Crippen molar-refractivity contribution in [2.45, 2.75) is 63.4 Å². The molecule has 8 N–H and O–H groups in total. The number of nitrogens with zero attached hydrogens (tertiary/aromatic N) is 2. The molecule has 10 heteroatoms. The first-order chi connectivity index (χ1) is 17.5. The fourth-order valence-corrected chi connectivity index (χ4v) is 4.89. The Labute approximate surface area is 212 Å². The van der Waals surface area contributed by atoms with Crippen LogP contribution in [-0.4, -0.2) is 66.4 Å². The maximum atomic E-state index is 12.8. The standard InChI is InChI=1S/C26H39N7O3/c27-11-1-13-32(14-2-12-28)16-18-3-7-21(8-4-18)33-17-19-15-23(30-24(19)31-26(33)36)25(35)29-20-5-9-22(34)10-6-20/h3-4,7-8,15,17,20,22,24,30,34H,1-2,5-6,9-14,16,27-28H2,(H,29,35)(H,31,36). The third kappa shape index (κ3) is 6.64. The summed E-state index contributed by atoms with van der Waals surface area (Å²) in [5.41, 5.74) is 14.5. The van der Waals surface area contributed by atoms with Crippen molar-refractivity contribution < 1.29 is 14.7 Å². The monoisotopic (exact) mass is 497 g/mol. The molecule has 2 heterocycles. The van der Waals surface area contributed by atoms with Gasteiger partial charge in [0, 0.05) is 24.4 Å². The molecule has 0 saturated heterocycles. The zero-order chi connectivity index (χ0) is 25.5. The first kappa shape index (κ1) is 26.2. The second-order valence-corrected chi connectivity index (χ2v) is 9.79. The van der Waals surface area contributed by atoms with Crippen molar-refractivity contribution in [2.24, 2.45) is 11.5 Å². The summed E-state index contributed by atoms with van der Waals surface area (Å²) in [4.78, 5) is 29.5. The number of carbonyl (C=O) groups is 2. The maximum absolute atomic E-state index is 12.8. The molecule has 0 aromatic heterocycles. The molecule has 196 valence electrons. The van der Waals surface area contributed by atoms with Gasteiger partial charge in [-0.3, -0.25) is 14.6 Å². The number of urea groups is 1. The minimum absolute atomic E-state index is 0.0614. The molecule has 1 aromatic rings.